The van der Waals surface area contributed by atoms with Gasteiger partial charge in [-0.15, -0.1) is 6.58 Å². The van der Waals surface area contributed by atoms with Crippen molar-refractivity contribution in [1.82, 2.24) is 4.90 Å². The first-order chi connectivity index (χ1) is 7.49. The normalized spacial score (nSPS) is 11.9. The molecule has 0 radical (unpaired) electrons. The molecule has 0 saturated heterocycles. The highest BCUT2D eigenvalue weighted by atomic mass is 16.5. The lowest BCUT2D eigenvalue weighted by molar-refractivity contribution is -0.142. The van der Waals surface area contributed by atoms with Crippen LogP contribution in [0.3, 0.4) is 0 Å². The molecule has 0 aliphatic rings. The average Bonchev–Trinajstić information content (AvgIpc) is 2.24. The van der Waals surface area contributed by atoms with Crippen LogP contribution in [-0.2, 0) is 14.3 Å². The zero-order valence-corrected chi connectivity index (χ0v) is 9.81. The van der Waals surface area contributed by atoms with Gasteiger partial charge in [-0.1, -0.05) is 6.08 Å². The molecule has 0 rings (SSSR count). The summed E-state index contributed by atoms with van der Waals surface area (Å²) >= 11 is 0. The summed E-state index contributed by atoms with van der Waals surface area (Å²) in [6, 6.07) is 0. The van der Waals surface area contributed by atoms with Crippen molar-refractivity contribution < 1.29 is 19.4 Å². The van der Waals surface area contributed by atoms with E-state index in [1.165, 1.54) is 4.90 Å². The third-order valence-electron chi connectivity index (χ3n) is 2.07. The zero-order valence-electron chi connectivity index (χ0n) is 9.81. The highest BCUT2D eigenvalue weighted by Gasteiger charge is 2.17. The Labute approximate surface area is 95.7 Å². The van der Waals surface area contributed by atoms with Crippen LogP contribution in [0.5, 0.6) is 0 Å². The van der Waals surface area contributed by atoms with Crippen LogP contribution in [0.1, 0.15) is 19.8 Å². The van der Waals surface area contributed by atoms with Crippen LogP contribution in [0.15, 0.2) is 12.7 Å². The summed E-state index contributed by atoms with van der Waals surface area (Å²) in [4.78, 5) is 23.4. The van der Waals surface area contributed by atoms with Gasteiger partial charge in [-0.05, 0) is 13.3 Å². The van der Waals surface area contributed by atoms with Gasteiger partial charge in [0.25, 0.3) is 5.91 Å². The molecule has 0 heterocycles. The van der Waals surface area contributed by atoms with Gasteiger partial charge in [-0.3, -0.25) is 9.59 Å². The Bertz CT molecular complexity index is 252. The average molecular weight is 229 g/mol. The Balaban J connectivity index is 3.87. The number of likely N-dealkylation sites (N-methyl/N-ethyl adjacent to an activating group) is 1. The second-order valence-electron chi connectivity index (χ2n) is 3.52. The molecular formula is C11H19NO4. The molecule has 0 spiro atoms. The van der Waals surface area contributed by atoms with E-state index in [9.17, 15) is 9.59 Å². The van der Waals surface area contributed by atoms with Crippen LogP contribution in [-0.4, -0.2) is 48.2 Å². The van der Waals surface area contributed by atoms with E-state index in [0.717, 1.165) is 0 Å². The topological polar surface area (TPSA) is 66.8 Å². The van der Waals surface area contributed by atoms with E-state index in [0.29, 0.717) is 19.6 Å². The number of carboxylic acid groups (broad SMARTS) is 1. The van der Waals surface area contributed by atoms with Gasteiger partial charge in [0, 0.05) is 20.0 Å². The molecule has 1 N–H and O–H groups in total. The van der Waals surface area contributed by atoms with E-state index in [2.05, 4.69) is 6.58 Å². The molecule has 1 unspecified atom stereocenters. The molecule has 5 nitrogen and oxygen atoms in total. The second-order valence-corrected chi connectivity index (χ2v) is 3.52. The Morgan fingerprint density at radius 2 is 2.19 bits per heavy atom. The molecule has 0 bridgehead atoms. The van der Waals surface area contributed by atoms with Gasteiger partial charge >= 0.3 is 5.97 Å². The lowest BCUT2D eigenvalue weighted by atomic mass is 10.2. The summed E-state index contributed by atoms with van der Waals surface area (Å²) in [5.41, 5.74) is 0. The van der Waals surface area contributed by atoms with Gasteiger partial charge < -0.3 is 14.7 Å². The maximum atomic E-state index is 11.6. The third kappa shape index (κ3) is 6.19. The van der Waals surface area contributed by atoms with Gasteiger partial charge in [0.05, 0.1) is 6.61 Å². The van der Waals surface area contributed by atoms with Gasteiger partial charge in [0.15, 0.2) is 0 Å². The van der Waals surface area contributed by atoms with Crippen molar-refractivity contribution in [2.75, 3.05) is 20.2 Å². The lowest BCUT2D eigenvalue weighted by Crippen LogP contribution is -2.37. The molecule has 0 aromatic rings. The monoisotopic (exact) mass is 229 g/mol. The maximum absolute atomic E-state index is 11.6. The third-order valence-corrected chi connectivity index (χ3v) is 2.07. The Hall–Kier alpha value is -1.36. The first-order valence-corrected chi connectivity index (χ1v) is 5.18. The molecule has 0 fully saturated rings. The van der Waals surface area contributed by atoms with Crippen LogP contribution in [0.25, 0.3) is 0 Å². The van der Waals surface area contributed by atoms with E-state index in [-0.39, 0.29) is 12.3 Å². The zero-order chi connectivity index (χ0) is 12.6. The van der Waals surface area contributed by atoms with E-state index < -0.39 is 12.1 Å². The minimum Gasteiger partial charge on any atom is -0.481 e. The number of aliphatic carboxylic acids is 1. The molecule has 0 aromatic carbocycles. The van der Waals surface area contributed by atoms with Gasteiger partial charge in [-0.2, -0.15) is 0 Å². The minimum absolute atomic E-state index is 0.0690. The standard InChI is InChI=1S/C11H19NO4/c1-4-8-16-9(2)11(15)12(3)7-5-6-10(13)14/h4,9H,1,5-8H2,2-3H3,(H,13,14). The lowest BCUT2D eigenvalue weighted by Gasteiger charge is -2.20. The van der Waals surface area contributed by atoms with Crippen LogP contribution in [0.4, 0.5) is 0 Å². The van der Waals surface area contributed by atoms with Crippen molar-refractivity contribution >= 4 is 11.9 Å². The van der Waals surface area contributed by atoms with Gasteiger partial charge in [0.1, 0.15) is 6.10 Å². The molecule has 92 valence electrons. The Morgan fingerprint density at radius 3 is 2.69 bits per heavy atom. The van der Waals surface area contributed by atoms with Crippen LogP contribution >= 0.6 is 0 Å². The fourth-order valence-electron chi connectivity index (χ4n) is 1.17. The molecule has 16 heavy (non-hydrogen) atoms. The number of ether oxygens (including phenoxy) is 1. The predicted molar refractivity (Wildman–Crippen MR) is 60.1 cm³/mol. The maximum Gasteiger partial charge on any atom is 0.303 e. The number of carbonyl (C=O) groups is 2. The van der Waals surface area contributed by atoms with E-state index in [1.807, 2.05) is 0 Å². The summed E-state index contributed by atoms with van der Waals surface area (Å²) in [7, 11) is 1.64. The van der Waals surface area contributed by atoms with Crippen molar-refractivity contribution in [1.29, 1.82) is 0 Å². The molecule has 0 saturated carbocycles. The molecule has 0 aliphatic carbocycles. The number of amides is 1. The van der Waals surface area contributed by atoms with Gasteiger partial charge in [0.2, 0.25) is 0 Å². The van der Waals surface area contributed by atoms with Crippen LogP contribution in [0.2, 0.25) is 0 Å². The molecule has 0 aromatic heterocycles. The number of nitrogens with zero attached hydrogens (tertiary/aromatic N) is 1. The Kier molecular flexibility index (Phi) is 7.20. The van der Waals surface area contributed by atoms with Crippen LogP contribution in [0, 0.1) is 0 Å². The molecular weight excluding hydrogens is 210 g/mol. The van der Waals surface area contributed by atoms with Crippen LogP contribution < -0.4 is 0 Å². The highest BCUT2D eigenvalue weighted by Crippen LogP contribution is 2.00. The van der Waals surface area contributed by atoms with E-state index >= 15 is 0 Å². The summed E-state index contributed by atoms with van der Waals surface area (Å²) in [5.74, 6) is -0.996. The van der Waals surface area contributed by atoms with Crippen molar-refractivity contribution in [3.63, 3.8) is 0 Å². The van der Waals surface area contributed by atoms with Crippen molar-refractivity contribution in [3.05, 3.63) is 12.7 Å². The number of hydrogen-bond acceptors (Lipinski definition) is 3. The van der Waals surface area contributed by atoms with Crippen molar-refractivity contribution in [3.8, 4) is 0 Å². The predicted octanol–water partition coefficient (Wildman–Crippen LogP) is 0.901. The summed E-state index contributed by atoms with van der Waals surface area (Å²) in [5, 5.41) is 8.45. The first-order valence-electron chi connectivity index (χ1n) is 5.18. The molecule has 5 heteroatoms. The van der Waals surface area contributed by atoms with Gasteiger partial charge in [-0.25, -0.2) is 0 Å². The number of carboxylic acids is 1. The minimum atomic E-state index is -0.850. The summed E-state index contributed by atoms with van der Waals surface area (Å²) < 4.78 is 5.18. The molecule has 1 atom stereocenters. The molecule has 0 aliphatic heterocycles. The van der Waals surface area contributed by atoms with E-state index in [1.54, 1.807) is 20.0 Å². The quantitative estimate of drug-likeness (QED) is 0.628. The number of rotatable bonds is 8. The fraction of sp³-hybridized carbons (Fsp3) is 0.636. The summed E-state index contributed by atoms with van der Waals surface area (Å²) in [6.07, 6.45) is 1.58. The smallest absolute Gasteiger partial charge is 0.303 e. The largest absolute Gasteiger partial charge is 0.481 e. The SMILES string of the molecule is C=CCOC(C)C(=O)N(C)CCCC(=O)O. The first kappa shape index (κ1) is 14.6. The second kappa shape index (κ2) is 7.87. The van der Waals surface area contributed by atoms with Crippen molar-refractivity contribution in [2.24, 2.45) is 0 Å². The summed E-state index contributed by atoms with van der Waals surface area (Å²) in [6.45, 7) is 5.91. The fourth-order valence-corrected chi connectivity index (χ4v) is 1.17. The number of carbonyl (C=O) groups excluding carboxylic acids is 1. The van der Waals surface area contributed by atoms with Crippen molar-refractivity contribution in [2.45, 2.75) is 25.9 Å². The Morgan fingerprint density at radius 1 is 1.56 bits per heavy atom. The molecule has 1 amide bonds. The highest BCUT2D eigenvalue weighted by molar-refractivity contribution is 5.80. The number of hydrogen-bond donors (Lipinski definition) is 1. The van der Waals surface area contributed by atoms with E-state index in [4.69, 9.17) is 9.84 Å².